The van der Waals surface area contributed by atoms with Gasteiger partial charge in [0.05, 0.1) is 14.2 Å². The van der Waals surface area contributed by atoms with Gasteiger partial charge in [0, 0.05) is 6.08 Å². The molecule has 6 nitrogen and oxygen atoms in total. The van der Waals surface area contributed by atoms with Gasteiger partial charge in [-0.3, -0.25) is 0 Å². The Hall–Kier alpha value is -2.54. The Morgan fingerprint density at radius 2 is 1.82 bits per heavy atom. The van der Waals surface area contributed by atoms with E-state index in [4.69, 9.17) is 18.3 Å². The first-order chi connectivity index (χ1) is 13.0. The van der Waals surface area contributed by atoms with E-state index in [0.717, 1.165) is 11.3 Å². The lowest BCUT2D eigenvalue weighted by Crippen LogP contribution is -2.43. The topological polar surface area (TPSA) is 70.8 Å². The van der Waals surface area contributed by atoms with Crippen molar-refractivity contribution >= 4 is 26.4 Å². The average molecular weight is 404 g/mol. The summed E-state index contributed by atoms with van der Waals surface area (Å²) in [7, 11) is 0.934. The number of aromatic nitrogens is 1. The molecule has 0 aliphatic heterocycles. The molecule has 1 heterocycles. The molecule has 28 heavy (non-hydrogen) atoms. The second-order valence-electron chi connectivity index (χ2n) is 8.05. The summed E-state index contributed by atoms with van der Waals surface area (Å²) in [6.45, 7) is 12.6. The zero-order valence-electron chi connectivity index (χ0n) is 17.9. The van der Waals surface area contributed by atoms with Crippen LogP contribution in [0.3, 0.4) is 0 Å². The molecule has 7 heteroatoms. The van der Waals surface area contributed by atoms with Crippen LogP contribution in [0.1, 0.15) is 48.5 Å². The molecule has 0 aliphatic carbocycles. The van der Waals surface area contributed by atoms with Gasteiger partial charge in [0.1, 0.15) is 11.5 Å². The maximum Gasteiger partial charge on any atom is 0.360 e. The molecule has 0 saturated carbocycles. The highest BCUT2D eigenvalue weighted by molar-refractivity contribution is 6.74. The fourth-order valence-corrected chi connectivity index (χ4v) is 3.26. The van der Waals surface area contributed by atoms with Gasteiger partial charge in [0.25, 0.3) is 8.32 Å². The van der Waals surface area contributed by atoms with Gasteiger partial charge in [-0.1, -0.05) is 26.8 Å². The number of benzene rings is 1. The smallest absolute Gasteiger partial charge is 0.360 e. The van der Waals surface area contributed by atoms with Crippen LogP contribution in [0.25, 0.3) is 12.2 Å². The summed E-state index contributed by atoms with van der Waals surface area (Å²) >= 11 is 0. The molecule has 2 rings (SSSR count). The molecule has 0 radical (unpaired) electrons. The molecule has 2 aromatic rings. The predicted octanol–water partition coefficient (Wildman–Crippen LogP) is 5.33. The van der Waals surface area contributed by atoms with Crippen LogP contribution in [0.2, 0.25) is 18.1 Å². The van der Waals surface area contributed by atoms with Crippen molar-refractivity contribution in [1.82, 2.24) is 4.98 Å². The van der Waals surface area contributed by atoms with Crippen LogP contribution in [-0.2, 0) is 4.74 Å². The van der Waals surface area contributed by atoms with Crippen LogP contribution in [0.5, 0.6) is 11.5 Å². The Balaban J connectivity index is 2.30. The van der Waals surface area contributed by atoms with Gasteiger partial charge in [0.15, 0.2) is 11.4 Å². The number of ether oxygens (including phenoxy) is 2. The molecule has 0 bridgehead atoms. The van der Waals surface area contributed by atoms with Gasteiger partial charge in [-0.15, -0.1) is 0 Å². The summed E-state index contributed by atoms with van der Waals surface area (Å²) in [5.74, 6) is 1.65. The van der Waals surface area contributed by atoms with Crippen molar-refractivity contribution in [3.8, 4) is 11.5 Å². The third kappa shape index (κ3) is 4.84. The van der Waals surface area contributed by atoms with E-state index in [0.29, 0.717) is 17.4 Å². The first-order valence-electron chi connectivity index (χ1n) is 9.09. The van der Waals surface area contributed by atoms with Gasteiger partial charge in [0.2, 0.25) is 5.89 Å². The van der Waals surface area contributed by atoms with Crippen LogP contribution in [0.15, 0.2) is 22.6 Å². The van der Waals surface area contributed by atoms with Crippen molar-refractivity contribution < 1.29 is 23.1 Å². The predicted molar refractivity (Wildman–Crippen MR) is 112 cm³/mol. The second-order valence-corrected chi connectivity index (χ2v) is 12.8. The third-order valence-corrected chi connectivity index (χ3v) is 9.31. The summed E-state index contributed by atoms with van der Waals surface area (Å²) in [6.07, 6.45) is 3.56. The lowest BCUT2D eigenvalue weighted by atomic mass is 10.2. The first kappa shape index (κ1) is 21.8. The number of aryl methyl sites for hydroxylation is 1. The molecule has 0 fully saturated rings. The molecular weight excluding hydrogens is 374 g/mol. The number of hydrogen-bond acceptors (Lipinski definition) is 6. The van der Waals surface area contributed by atoms with Gasteiger partial charge >= 0.3 is 5.97 Å². The van der Waals surface area contributed by atoms with E-state index < -0.39 is 14.3 Å². The van der Waals surface area contributed by atoms with Crippen molar-refractivity contribution in [3.05, 3.63) is 41.1 Å². The van der Waals surface area contributed by atoms with Crippen LogP contribution in [0.4, 0.5) is 0 Å². The molecule has 0 unspecified atom stereocenters. The van der Waals surface area contributed by atoms with E-state index in [1.807, 2.05) is 24.3 Å². The van der Waals surface area contributed by atoms with Gasteiger partial charge < -0.3 is 18.3 Å². The van der Waals surface area contributed by atoms with Gasteiger partial charge in [-0.05, 0) is 48.8 Å². The highest BCUT2D eigenvalue weighted by Gasteiger charge is 2.39. The Morgan fingerprint density at radius 3 is 2.39 bits per heavy atom. The average Bonchev–Trinajstić information content (AvgIpc) is 2.99. The highest BCUT2D eigenvalue weighted by atomic mass is 28.4. The van der Waals surface area contributed by atoms with Gasteiger partial charge in [-0.2, -0.15) is 0 Å². The summed E-state index contributed by atoms with van der Waals surface area (Å²) in [4.78, 5) is 15.8. The minimum Gasteiger partial charge on any atom is -0.541 e. The zero-order chi connectivity index (χ0) is 21.1. The lowest BCUT2D eigenvalue weighted by molar-refractivity contribution is 0.0593. The zero-order valence-corrected chi connectivity index (χ0v) is 18.9. The standard InChI is InChI=1S/C21H29NO5Si/c1-14-19(20(23)25-6)22-18(26-14)12-10-15-9-11-16(24-5)17(13-15)27-28(7,8)21(2,3)4/h9-13H,1-8H3/b12-10+. The van der Waals surface area contributed by atoms with Gasteiger partial charge in [-0.25, -0.2) is 9.78 Å². The van der Waals surface area contributed by atoms with Crippen molar-refractivity contribution in [1.29, 1.82) is 0 Å². The number of hydrogen-bond donors (Lipinski definition) is 0. The molecule has 0 N–H and O–H groups in total. The number of carbonyl (C=O) groups excluding carboxylic acids is 1. The molecule has 152 valence electrons. The fraction of sp³-hybridized carbons (Fsp3) is 0.429. The number of esters is 1. The number of oxazole rings is 1. The molecule has 0 amide bonds. The Labute approximate surface area is 167 Å². The Kier molecular flexibility index (Phi) is 6.39. The molecule has 0 aliphatic rings. The molecular formula is C21H29NO5Si. The maximum absolute atomic E-state index is 11.7. The highest BCUT2D eigenvalue weighted by Crippen LogP contribution is 2.40. The molecule has 1 aromatic carbocycles. The molecule has 0 atom stereocenters. The molecule has 0 saturated heterocycles. The van der Waals surface area contributed by atoms with Crippen molar-refractivity contribution in [2.45, 2.75) is 45.8 Å². The maximum atomic E-state index is 11.7. The van der Waals surface area contributed by atoms with Crippen molar-refractivity contribution in [3.63, 3.8) is 0 Å². The quantitative estimate of drug-likeness (QED) is 0.479. The summed E-state index contributed by atoms with van der Waals surface area (Å²) < 4.78 is 22.1. The fourth-order valence-electron chi connectivity index (χ4n) is 2.25. The SMILES string of the molecule is COC(=O)c1nc(/C=C/c2ccc(OC)c(O[Si](C)(C)C(C)(C)C)c2)oc1C. The van der Waals surface area contributed by atoms with E-state index in [-0.39, 0.29) is 10.7 Å². The van der Waals surface area contributed by atoms with Crippen LogP contribution < -0.4 is 9.16 Å². The number of nitrogens with zero attached hydrogens (tertiary/aromatic N) is 1. The summed E-state index contributed by atoms with van der Waals surface area (Å²) in [6, 6.07) is 5.74. The third-order valence-electron chi connectivity index (χ3n) is 4.97. The number of methoxy groups -OCH3 is 2. The summed E-state index contributed by atoms with van der Waals surface area (Å²) in [5, 5.41) is 0.0732. The van der Waals surface area contributed by atoms with E-state index in [1.54, 1.807) is 20.1 Å². The lowest BCUT2D eigenvalue weighted by Gasteiger charge is -2.36. The minimum absolute atomic E-state index is 0.0732. The van der Waals surface area contributed by atoms with Crippen LogP contribution >= 0.6 is 0 Å². The van der Waals surface area contributed by atoms with E-state index in [2.05, 4.69) is 38.8 Å². The second kappa shape index (κ2) is 8.22. The van der Waals surface area contributed by atoms with E-state index >= 15 is 0 Å². The number of rotatable bonds is 6. The van der Waals surface area contributed by atoms with Crippen LogP contribution in [0, 0.1) is 6.92 Å². The normalized spacial score (nSPS) is 12.3. The van der Waals surface area contributed by atoms with Crippen molar-refractivity contribution in [2.24, 2.45) is 0 Å². The minimum atomic E-state index is -2.01. The largest absolute Gasteiger partial charge is 0.541 e. The first-order valence-corrected chi connectivity index (χ1v) is 12.0. The molecule has 0 spiro atoms. The Bertz CT molecular complexity index is 877. The van der Waals surface area contributed by atoms with E-state index in [1.165, 1.54) is 7.11 Å². The van der Waals surface area contributed by atoms with Crippen molar-refractivity contribution in [2.75, 3.05) is 14.2 Å². The van der Waals surface area contributed by atoms with E-state index in [9.17, 15) is 4.79 Å². The summed E-state index contributed by atoms with van der Waals surface area (Å²) in [5.41, 5.74) is 1.09. The monoisotopic (exact) mass is 403 g/mol. The Morgan fingerprint density at radius 1 is 1.14 bits per heavy atom. The van der Waals surface area contributed by atoms with Crippen LogP contribution in [-0.4, -0.2) is 33.5 Å². The molecule has 1 aromatic heterocycles. The number of carbonyl (C=O) groups is 1.